The third kappa shape index (κ3) is 3.35. The van der Waals surface area contributed by atoms with E-state index in [-0.39, 0.29) is 11.8 Å². The topological polar surface area (TPSA) is 90.1 Å². The number of carbonyl (C=O) groups excluding carboxylic acids is 1. The zero-order valence-corrected chi connectivity index (χ0v) is 14.1. The lowest BCUT2D eigenvalue weighted by atomic mass is 9.86. The summed E-state index contributed by atoms with van der Waals surface area (Å²) in [4.78, 5) is 20.6. The number of nitrogen functional groups attached to an aromatic ring is 1. The Kier molecular flexibility index (Phi) is 4.23. The van der Waals surface area contributed by atoms with Gasteiger partial charge < -0.3 is 15.8 Å². The zero-order valence-electron chi connectivity index (χ0n) is 14.1. The minimum Gasteiger partial charge on any atom is -0.487 e. The molecule has 3 aromatic rings. The van der Waals surface area contributed by atoms with Gasteiger partial charge in [0.05, 0.1) is 5.69 Å². The highest BCUT2D eigenvalue weighted by Crippen LogP contribution is 2.37. The van der Waals surface area contributed by atoms with Crippen molar-refractivity contribution in [3.63, 3.8) is 0 Å². The lowest BCUT2D eigenvalue weighted by Gasteiger charge is -2.25. The maximum absolute atomic E-state index is 12.1. The SMILES string of the molecule is Nc1ccc2c(n1)NC(=O)C[C@@H]2c1cccc(OCc2ccccn2)c1. The van der Waals surface area contributed by atoms with Crippen LogP contribution in [0.5, 0.6) is 5.75 Å². The fourth-order valence-electron chi connectivity index (χ4n) is 3.10. The average molecular weight is 346 g/mol. The van der Waals surface area contributed by atoms with Crippen molar-refractivity contribution >= 4 is 17.5 Å². The molecule has 0 spiro atoms. The molecule has 0 unspecified atom stereocenters. The molecule has 0 saturated heterocycles. The highest BCUT2D eigenvalue weighted by Gasteiger charge is 2.27. The van der Waals surface area contributed by atoms with Crippen LogP contribution in [-0.2, 0) is 11.4 Å². The summed E-state index contributed by atoms with van der Waals surface area (Å²) in [6, 6.07) is 17.2. The van der Waals surface area contributed by atoms with Gasteiger partial charge in [0, 0.05) is 24.1 Å². The standard InChI is InChI=1S/C20H18N4O2/c21-18-8-7-16-17(11-19(25)24-20(16)23-18)13-4-3-6-15(10-13)26-12-14-5-1-2-9-22-14/h1-10,17H,11-12H2,(H3,21,23,24,25)/t17-/m1/s1. The number of nitrogens with two attached hydrogens (primary N) is 1. The number of nitrogens with one attached hydrogen (secondary N) is 1. The number of nitrogens with zero attached hydrogens (tertiary/aromatic N) is 2. The Labute approximate surface area is 151 Å². The average Bonchev–Trinajstić information content (AvgIpc) is 2.66. The first-order valence-electron chi connectivity index (χ1n) is 8.38. The van der Waals surface area contributed by atoms with Crippen LogP contribution < -0.4 is 15.8 Å². The highest BCUT2D eigenvalue weighted by atomic mass is 16.5. The Hall–Kier alpha value is -3.41. The normalized spacial score (nSPS) is 15.8. The van der Waals surface area contributed by atoms with Crippen molar-refractivity contribution in [3.05, 3.63) is 77.6 Å². The fourth-order valence-corrected chi connectivity index (χ4v) is 3.10. The predicted molar refractivity (Wildman–Crippen MR) is 98.8 cm³/mol. The maximum Gasteiger partial charge on any atom is 0.226 e. The first-order valence-corrected chi connectivity index (χ1v) is 8.38. The molecule has 130 valence electrons. The summed E-state index contributed by atoms with van der Waals surface area (Å²) in [5.41, 5.74) is 8.57. The number of rotatable bonds is 4. The van der Waals surface area contributed by atoms with E-state index in [1.54, 1.807) is 12.3 Å². The van der Waals surface area contributed by atoms with Crippen LogP contribution >= 0.6 is 0 Å². The molecule has 1 aliphatic heterocycles. The van der Waals surface area contributed by atoms with Crippen LogP contribution in [0.15, 0.2) is 60.8 Å². The number of benzene rings is 1. The van der Waals surface area contributed by atoms with Crippen LogP contribution in [0, 0.1) is 0 Å². The van der Waals surface area contributed by atoms with Gasteiger partial charge in [-0.15, -0.1) is 0 Å². The van der Waals surface area contributed by atoms with E-state index in [1.165, 1.54) is 0 Å². The van der Waals surface area contributed by atoms with Gasteiger partial charge in [-0.3, -0.25) is 9.78 Å². The molecule has 1 aromatic carbocycles. The second kappa shape index (κ2) is 6.84. The number of carbonyl (C=O) groups is 1. The molecule has 0 saturated carbocycles. The number of pyridine rings is 2. The largest absolute Gasteiger partial charge is 0.487 e. The van der Waals surface area contributed by atoms with Crippen molar-refractivity contribution in [2.75, 3.05) is 11.1 Å². The summed E-state index contributed by atoms with van der Waals surface area (Å²) >= 11 is 0. The first-order chi connectivity index (χ1) is 12.7. The summed E-state index contributed by atoms with van der Waals surface area (Å²) in [5.74, 6) is 1.51. The van der Waals surface area contributed by atoms with Crippen molar-refractivity contribution in [2.24, 2.45) is 0 Å². The molecule has 1 atom stereocenters. The third-order valence-corrected chi connectivity index (χ3v) is 4.34. The smallest absolute Gasteiger partial charge is 0.226 e. The Bertz CT molecular complexity index is 944. The van der Waals surface area contributed by atoms with Gasteiger partial charge >= 0.3 is 0 Å². The van der Waals surface area contributed by atoms with E-state index in [0.29, 0.717) is 24.7 Å². The lowest BCUT2D eigenvalue weighted by Crippen LogP contribution is -2.24. The summed E-state index contributed by atoms with van der Waals surface area (Å²) in [5, 5.41) is 2.79. The summed E-state index contributed by atoms with van der Waals surface area (Å²) in [7, 11) is 0. The molecule has 6 heteroatoms. The van der Waals surface area contributed by atoms with Gasteiger partial charge in [-0.2, -0.15) is 0 Å². The van der Waals surface area contributed by atoms with Gasteiger partial charge in [0.1, 0.15) is 24.0 Å². The first kappa shape index (κ1) is 16.1. The van der Waals surface area contributed by atoms with E-state index in [1.807, 2.05) is 48.5 Å². The third-order valence-electron chi connectivity index (χ3n) is 4.34. The quantitative estimate of drug-likeness (QED) is 0.757. The van der Waals surface area contributed by atoms with Gasteiger partial charge in [-0.05, 0) is 35.9 Å². The number of aromatic nitrogens is 2. The molecular weight excluding hydrogens is 328 g/mol. The lowest BCUT2D eigenvalue weighted by molar-refractivity contribution is -0.116. The Morgan fingerprint density at radius 3 is 2.92 bits per heavy atom. The number of anilines is 2. The molecule has 0 aliphatic carbocycles. The van der Waals surface area contributed by atoms with Crippen LogP contribution in [0.1, 0.15) is 29.2 Å². The molecule has 3 heterocycles. The molecule has 1 aliphatic rings. The summed E-state index contributed by atoms with van der Waals surface area (Å²) < 4.78 is 5.86. The van der Waals surface area contributed by atoms with Gasteiger partial charge in [0.25, 0.3) is 0 Å². The number of ether oxygens (including phenoxy) is 1. The molecule has 0 bridgehead atoms. The second-order valence-corrected chi connectivity index (χ2v) is 6.16. The van der Waals surface area contributed by atoms with Gasteiger partial charge in [0.2, 0.25) is 5.91 Å². The molecule has 2 aromatic heterocycles. The zero-order chi connectivity index (χ0) is 17.9. The van der Waals surface area contributed by atoms with Crippen LogP contribution in [0.4, 0.5) is 11.6 Å². The van der Waals surface area contributed by atoms with Crippen LogP contribution in [0.2, 0.25) is 0 Å². The molecule has 0 radical (unpaired) electrons. The highest BCUT2D eigenvalue weighted by molar-refractivity contribution is 5.94. The minimum atomic E-state index is -0.0785. The van der Waals surface area contributed by atoms with E-state index in [4.69, 9.17) is 10.5 Å². The molecular formula is C20H18N4O2. The van der Waals surface area contributed by atoms with E-state index >= 15 is 0 Å². The monoisotopic (exact) mass is 346 g/mol. The van der Waals surface area contributed by atoms with E-state index in [9.17, 15) is 4.79 Å². The van der Waals surface area contributed by atoms with Gasteiger partial charge in [0.15, 0.2) is 0 Å². The molecule has 6 nitrogen and oxygen atoms in total. The van der Waals surface area contributed by atoms with Crippen LogP contribution in [-0.4, -0.2) is 15.9 Å². The predicted octanol–water partition coefficient (Wildman–Crippen LogP) is 3.11. The summed E-state index contributed by atoms with van der Waals surface area (Å²) in [6.45, 7) is 0.393. The van der Waals surface area contributed by atoms with Crippen molar-refractivity contribution < 1.29 is 9.53 Å². The molecule has 0 fully saturated rings. The fraction of sp³-hybridized carbons (Fsp3) is 0.150. The molecule has 4 rings (SSSR count). The maximum atomic E-state index is 12.1. The van der Waals surface area contributed by atoms with Crippen molar-refractivity contribution in [3.8, 4) is 5.75 Å². The Morgan fingerprint density at radius 1 is 1.15 bits per heavy atom. The molecule has 1 amide bonds. The number of fused-ring (bicyclic) bond motifs is 1. The van der Waals surface area contributed by atoms with Crippen molar-refractivity contribution in [1.29, 1.82) is 0 Å². The molecule has 26 heavy (non-hydrogen) atoms. The van der Waals surface area contributed by atoms with Gasteiger partial charge in [-0.25, -0.2) is 4.98 Å². The minimum absolute atomic E-state index is 0.0691. The van der Waals surface area contributed by atoms with Crippen LogP contribution in [0.3, 0.4) is 0 Å². The Balaban J connectivity index is 1.59. The van der Waals surface area contributed by atoms with E-state index < -0.39 is 0 Å². The van der Waals surface area contributed by atoms with Gasteiger partial charge in [-0.1, -0.05) is 24.3 Å². The Morgan fingerprint density at radius 2 is 2.08 bits per heavy atom. The number of hydrogen-bond acceptors (Lipinski definition) is 5. The number of hydrogen-bond donors (Lipinski definition) is 2. The number of amides is 1. The molecule has 3 N–H and O–H groups in total. The summed E-state index contributed by atoms with van der Waals surface area (Å²) in [6.07, 6.45) is 2.10. The van der Waals surface area contributed by atoms with Crippen molar-refractivity contribution in [1.82, 2.24) is 9.97 Å². The van der Waals surface area contributed by atoms with E-state index in [0.717, 1.165) is 22.6 Å². The second-order valence-electron chi connectivity index (χ2n) is 6.16. The van der Waals surface area contributed by atoms with E-state index in [2.05, 4.69) is 15.3 Å². The van der Waals surface area contributed by atoms with Crippen LogP contribution in [0.25, 0.3) is 0 Å². The van der Waals surface area contributed by atoms with Crippen molar-refractivity contribution in [2.45, 2.75) is 18.9 Å².